The fourth-order valence-electron chi connectivity index (χ4n) is 2.24. The highest BCUT2D eigenvalue weighted by Crippen LogP contribution is 2.27. The SMILES string of the molecule is CCNC(=O)c1cc(C(=O)NC(C)c2cnc(OCC(F)(F)F)c(Cl)c2)ccn1. The van der Waals surface area contributed by atoms with E-state index < -0.39 is 30.6 Å². The summed E-state index contributed by atoms with van der Waals surface area (Å²) in [6, 6.07) is 3.60. The van der Waals surface area contributed by atoms with E-state index >= 15 is 0 Å². The lowest BCUT2D eigenvalue weighted by Gasteiger charge is -2.16. The number of hydrogen-bond donors (Lipinski definition) is 2. The number of alkyl halides is 3. The molecule has 0 aliphatic carbocycles. The molecule has 156 valence electrons. The van der Waals surface area contributed by atoms with E-state index in [1.165, 1.54) is 30.6 Å². The van der Waals surface area contributed by atoms with Gasteiger partial charge < -0.3 is 15.4 Å². The van der Waals surface area contributed by atoms with Gasteiger partial charge in [-0.2, -0.15) is 13.2 Å². The molecule has 2 aromatic heterocycles. The molecule has 0 bridgehead atoms. The van der Waals surface area contributed by atoms with Crippen LogP contribution in [0.3, 0.4) is 0 Å². The summed E-state index contributed by atoms with van der Waals surface area (Å²) in [5.41, 5.74) is 0.779. The molecule has 2 rings (SSSR count). The van der Waals surface area contributed by atoms with Crippen LogP contribution >= 0.6 is 11.6 Å². The smallest absolute Gasteiger partial charge is 0.422 e. The first kappa shape index (κ1) is 22.4. The van der Waals surface area contributed by atoms with Crippen LogP contribution in [0, 0.1) is 0 Å². The molecule has 11 heteroatoms. The largest absolute Gasteiger partial charge is 0.467 e. The van der Waals surface area contributed by atoms with E-state index in [0.29, 0.717) is 12.1 Å². The Balaban J connectivity index is 2.07. The summed E-state index contributed by atoms with van der Waals surface area (Å²) < 4.78 is 41.2. The second kappa shape index (κ2) is 9.55. The van der Waals surface area contributed by atoms with Gasteiger partial charge in [0, 0.05) is 24.5 Å². The van der Waals surface area contributed by atoms with E-state index in [2.05, 4.69) is 25.3 Å². The van der Waals surface area contributed by atoms with Gasteiger partial charge in [-0.25, -0.2) is 4.98 Å². The van der Waals surface area contributed by atoms with Crippen LogP contribution in [0.1, 0.15) is 46.3 Å². The predicted molar refractivity (Wildman–Crippen MR) is 98.9 cm³/mol. The van der Waals surface area contributed by atoms with Crippen molar-refractivity contribution in [2.75, 3.05) is 13.2 Å². The van der Waals surface area contributed by atoms with Gasteiger partial charge in [0.25, 0.3) is 11.8 Å². The van der Waals surface area contributed by atoms with E-state index in [4.69, 9.17) is 11.6 Å². The fourth-order valence-corrected chi connectivity index (χ4v) is 2.47. The standard InChI is InChI=1S/C18H18ClF3N4O3/c1-3-23-16(28)14-7-11(4-5-24-14)15(27)26-10(2)12-6-13(19)17(25-8-12)29-9-18(20,21)22/h4-8,10H,3,9H2,1-2H3,(H,23,28)(H,26,27). The Kier molecular flexibility index (Phi) is 7.38. The molecule has 0 radical (unpaired) electrons. The Hall–Kier alpha value is -2.88. The summed E-state index contributed by atoms with van der Waals surface area (Å²) in [6.07, 6.45) is -1.91. The number of aromatic nitrogens is 2. The second-order valence-electron chi connectivity index (χ2n) is 5.94. The molecular formula is C18H18ClF3N4O3. The quantitative estimate of drug-likeness (QED) is 0.703. The van der Waals surface area contributed by atoms with Crippen molar-refractivity contribution in [2.45, 2.75) is 26.1 Å². The van der Waals surface area contributed by atoms with Crippen molar-refractivity contribution in [3.05, 3.63) is 52.4 Å². The zero-order valence-electron chi connectivity index (χ0n) is 15.5. The van der Waals surface area contributed by atoms with Gasteiger partial charge in [0.15, 0.2) is 6.61 Å². The summed E-state index contributed by atoms with van der Waals surface area (Å²) >= 11 is 5.92. The number of pyridine rings is 2. The van der Waals surface area contributed by atoms with Crippen molar-refractivity contribution in [3.63, 3.8) is 0 Å². The van der Waals surface area contributed by atoms with Crippen LogP contribution < -0.4 is 15.4 Å². The third-order valence-electron chi connectivity index (χ3n) is 3.64. The first-order valence-electron chi connectivity index (χ1n) is 8.50. The lowest BCUT2D eigenvalue weighted by atomic mass is 10.1. The summed E-state index contributed by atoms with van der Waals surface area (Å²) in [6.45, 7) is 2.31. The zero-order chi connectivity index (χ0) is 21.6. The average Bonchev–Trinajstić information content (AvgIpc) is 2.66. The van der Waals surface area contributed by atoms with Crippen LogP contribution in [0.2, 0.25) is 5.02 Å². The van der Waals surface area contributed by atoms with E-state index in [0.717, 1.165) is 0 Å². The van der Waals surface area contributed by atoms with Crippen LogP contribution in [-0.4, -0.2) is 41.1 Å². The molecule has 0 saturated carbocycles. The highest BCUT2D eigenvalue weighted by molar-refractivity contribution is 6.31. The van der Waals surface area contributed by atoms with Crippen molar-refractivity contribution in [3.8, 4) is 5.88 Å². The third kappa shape index (κ3) is 6.60. The lowest BCUT2D eigenvalue weighted by molar-refractivity contribution is -0.154. The molecule has 0 aliphatic heterocycles. The predicted octanol–water partition coefficient (Wildman–Crippen LogP) is 3.31. The van der Waals surface area contributed by atoms with Gasteiger partial charge in [-0.1, -0.05) is 11.6 Å². The summed E-state index contributed by atoms with van der Waals surface area (Å²) in [5, 5.41) is 5.17. The Morgan fingerprint density at radius 1 is 1.24 bits per heavy atom. The Morgan fingerprint density at radius 2 is 1.97 bits per heavy atom. The van der Waals surface area contributed by atoms with Gasteiger partial charge in [-0.15, -0.1) is 0 Å². The van der Waals surface area contributed by atoms with E-state index in [-0.39, 0.29) is 22.2 Å². The number of nitrogens with one attached hydrogen (secondary N) is 2. The molecular weight excluding hydrogens is 413 g/mol. The van der Waals surface area contributed by atoms with Gasteiger partial charge in [-0.05, 0) is 37.6 Å². The van der Waals surface area contributed by atoms with Gasteiger partial charge in [0.1, 0.15) is 10.7 Å². The minimum Gasteiger partial charge on any atom is -0.467 e. The normalized spacial score (nSPS) is 12.2. The number of carbonyl (C=O) groups excluding carboxylic acids is 2. The van der Waals surface area contributed by atoms with Crippen molar-refractivity contribution >= 4 is 23.4 Å². The lowest BCUT2D eigenvalue weighted by Crippen LogP contribution is -2.28. The number of rotatable bonds is 7. The monoisotopic (exact) mass is 430 g/mol. The first-order valence-corrected chi connectivity index (χ1v) is 8.88. The molecule has 0 aliphatic rings. The maximum absolute atomic E-state index is 12.5. The number of carbonyl (C=O) groups is 2. The summed E-state index contributed by atoms with van der Waals surface area (Å²) in [7, 11) is 0. The van der Waals surface area contributed by atoms with Crippen molar-refractivity contribution in [1.29, 1.82) is 0 Å². The Morgan fingerprint density at radius 3 is 2.59 bits per heavy atom. The van der Waals surface area contributed by atoms with Crippen LogP contribution in [0.15, 0.2) is 30.6 Å². The van der Waals surface area contributed by atoms with Gasteiger partial charge in [0.05, 0.1) is 6.04 Å². The molecule has 2 N–H and O–H groups in total. The molecule has 2 heterocycles. The highest BCUT2D eigenvalue weighted by Gasteiger charge is 2.29. The fraction of sp³-hybridized carbons (Fsp3) is 0.333. The van der Waals surface area contributed by atoms with E-state index in [9.17, 15) is 22.8 Å². The average molecular weight is 431 g/mol. The minimum absolute atomic E-state index is 0.100. The minimum atomic E-state index is -4.51. The van der Waals surface area contributed by atoms with Gasteiger partial charge >= 0.3 is 6.18 Å². The van der Waals surface area contributed by atoms with Gasteiger partial charge in [-0.3, -0.25) is 14.6 Å². The molecule has 0 aromatic carbocycles. The molecule has 2 aromatic rings. The molecule has 0 spiro atoms. The molecule has 0 fully saturated rings. The van der Waals surface area contributed by atoms with E-state index in [1.807, 2.05) is 0 Å². The molecule has 1 atom stereocenters. The maximum Gasteiger partial charge on any atom is 0.422 e. The molecule has 0 saturated heterocycles. The number of amides is 2. The molecule has 7 nitrogen and oxygen atoms in total. The topological polar surface area (TPSA) is 93.2 Å². The van der Waals surface area contributed by atoms with Gasteiger partial charge in [0.2, 0.25) is 5.88 Å². The van der Waals surface area contributed by atoms with Crippen LogP contribution in [-0.2, 0) is 0 Å². The zero-order valence-corrected chi connectivity index (χ0v) is 16.3. The van der Waals surface area contributed by atoms with Crippen LogP contribution in [0.5, 0.6) is 5.88 Å². The van der Waals surface area contributed by atoms with Crippen molar-refractivity contribution in [2.24, 2.45) is 0 Å². The molecule has 29 heavy (non-hydrogen) atoms. The molecule has 1 unspecified atom stereocenters. The number of hydrogen-bond acceptors (Lipinski definition) is 5. The second-order valence-corrected chi connectivity index (χ2v) is 6.35. The Bertz CT molecular complexity index is 893. The number of nitrogens with zero attached hydrogens (tertiary/aromatic N) is 2. The number of halogens is 4. The maximum atomic E-state index is 12.5. The van der Waals surface area contributed by atoms with E-state index in [1.54, 1.807) is 13.8 Å². The van der Waals surface area contributed by atoms with Crippen LogP contribution in [0.25, 0.3) is 0 Å². The third-order valence-corrected chi connectivity index (χ3v) is 3.91. The van der Waals surface area contributed by atoms with Crippen molar-refractivity contribution in [1.82, 2.24) is 20.6 Å². The first-order chi connectivity index (χ1) is 13.6. The van der Waals surface area contributed by atoms with Crippen molar-refractivity contribution < 1.29 is 27.5 Å². The summed E-state index contributed by atoms with van der Waals surface area (Å²) in [4.78, 5) is 32.0. The molecule has 2 amide bonds. The van der Waals surface area contributed by atoms with Crippen LogP contribution in [0.4, 0.5) is 13.2 Å². The summed E-state index contributed by atoms with van der Waals surface area (Å²) in [5.74, 6) is -1.23. The number of ether oxygens (including phenoxy) is 1. The Labute approximate surface area is 169 Å². The highest BCUT2D eigenvalue weighted by atomic mass is 35.5.